The molecule has 2 rings (SSSR count). The van der Waals surface area contributed by atoms with Crippen LogP contribution in [0, 0.1) is 0 Å². The molecule has 0 saturated heterocycles. The van der Waals surface area contributed by atoms with Gasteiger partial charge in [-0.25, -0.2) is 0 Å². The number of nitrogens with zero attached hydrogens (tertiary/aromatic N) is 3. The molecule has 0 aliphatic heterocycles. The highest BCUT2D eigenvalue weighted by molar-refractivity contribution is 5.79. The fourth-order valence-corrected chi connectivity index (χ4v) is 2.36. The number of halogens is 2. The highest BCUT2D eigenvalue weighted by Crippen LogP contribution is 2.19. The largest absolute Gasteiger partial charge is 0.434 e. The fourth-order valence-electron chi connectivity index (χ4n) is 2.36. The molecular weight excluding hydrogens is 328 g/mol. The minimum atomic E-state index is -2.84. The van der Waals surface area contributed by atoms with Crippen LogP contribution >= 0.6 is 0 Å². The summed E-state index contributed by atoms with van der Waals surface area (Å²) in [5.74, 6) is 0.773. The van der Waals surface area contributed by atoms with Crippen molar-refractivity contribution in [3.8, 4) is 5.75 Å². The zero-order chi connectivity index (χ0) is 18.1. The van der Waals surface area contributed by atoms with Gasteiger partial charge >= 0.3 is 6.61 Å². The quantitative estimate of drug-likeness (QED) is 0.435. The number of para-hydroxylation sites is 1. The van der Waals surface area contributed by atoms with Crippen molar-refractivity contribution in [3.05, 3.63) is 47.8 Å². The van der Waals surface area contributed by atoms with Crippen molar-refractivity contribution in [1.29, 1.82) is 0 Å². The molecular formula is C17H23F2N5O. The topological polar surface area (TPSA) is 63.5 Å². The van der Waals surface area contributed by atoms with Crippen LogP contribution in [0.2, 0.25) is 0 Å². The average molecular weight is 351 g/mol. The van der Waals surface area contributed by atoms with Crippen LogP contribution in [0.15, 0.2) is 41.7 Å². The van der Waals surface area contributed by atoms with Gasteiger partial charge in [0.05, 0.1) is 6.20 Å². The van der Waals surface area contributed by atoms with Gasteiger partial charge in [0.2, 0.25) is 0 Å². The summed E-state index contributed by atoms with van der Waals surface area (Å²) in [6.07, 6.45) is 5.69. The van der Waals surface area contributed by atoms with Gasteiger partial charge in [-0.2, -0.15) is 13.9 Å². The Balaban J connectivity index is 1.76. The van der Waals surface area contributed by atoms with E-state index in [1.165, 1.54) is 11.6 Å². The number of alkyl halides is 2. The van der Waals surface area contributed by atoms with Crippen molar-refractivity contribution in [1.82, 2.24) is 20.4 Å². The van der Waals surface area contributed by atoms with Crippen LogP contribution in [-0.2, 0) is 20.0 Å². The Bertz CT molecular complexity index is 687. The first-order valence-corrected chi connectivity index (χ1v) is 8.03. The van der Waals surface area contributed by atoms with Gasteiger partial charge in [-0.05, 0) is 24.5 Å². The lowest BCUT2D eigenvalue weighted by molar-refractivity contribution is -0.0504. The van der Waals surface area contributed by atoms with Crippen LogP contribution < -0.4 is 15.4 Å². The first-order chi connectivity index (χ1) is 12.1. The lowest BCUT2D eigenvalue weighted by Crippen LogP contribution is -2.37. The summed E-state index contributed by atoms with van der Waals surface area (Å²) in [6.45, 7) is -1.76. The second-order valence-electron chi connectivity index (χ2n) is 5.46. The number of aliphatic imine (C=N–C) groups is 1. The van der Waals surface area contributed by atoms with E-state index in [-0.39, 0.29) is 5.75 Å². The molecule has 2 aromatic rings. The number of aromatic nitrogens is 2. The average Bonchev–Trinajstić information content (AvgIpc) is 3.00. The third kappa shape index (κ3) is 6.40. The monoisotopic (exact) mass is 351 g/mol. The minimum absolute atomic E-state index is 0.164. The van der Waals surface area contributed by atoms with Crippen LogP contribution in [0.25, 0.3) is 0 Å². The lowest BCUT2D eigenvalue weighted by Gasteiger charge is -2.14. The van der Waals surface area contributed by atoms with Gasteiger partial charge < -0.3 is 15.4 Å². The first-order valence-electron chi connectivity index (χ1n) is 8.03. The number of guanidine groups is 1. The molecule has 0 amide bonds. The molecule has 6 nitrogen and oxygen atoms in total. The van der Waals surface area contributed by atoms with E-state index in [0.717, 1.165) is 19.4 Å². The van der Waals surface area contributed by atoms with Gasteiger partial charge in [0.15, 0.2) is 5.96 Å². The second-order valence-corrected chi connectivity index (χ2v) is 5.46. The third-order valence-corrected chi connectivity index (χ3v) is 3.55. The molecule has 2 N–H and O–H groups in total. The molecule has 0 radical (unpaired) electrons. The van der Waals surface area contributed by atoms with E-state index in [2.05, 4.69) is 25.5 Å². The fraction of sp³-hybridized carbons (Fsp3) is 0.412. The molecule has 1 heterocycles. The molecule has 0 spiro atoms. The molecule has 0 unspecified atom stereocenters. The highest BCUT2D eigenvalue weighted by atomic mass is 19.3. The molecule has 0 bridgehead atoms. The molecule has 0 aliphatic carbocycles. The van der Waals surface area contributed by atoms with Gasteiger partial charge in [-0.1, -0.05) is 18.2 Å². The van der Waals surface area contributed by atoms with E-state index >= 15 is 0 Å². The Hall–Kier alpha value is -2.64. The molecule has 1 aromatic heterocycles. The van der Waals surface area contributed by atoms with Crippen LogP contribution in [-0.4, -0.2) is 35.9 Å². The number of ether oxygens (including phenoxy) is 1. The number of rotatable bonds is 8. The number of hydrogen-bond donors (Lipinski definition) is 2. The van der Waals surface area contributed by atoms with Crippen LogP contribution in [0.3, 0.4) is 0 Å². The number of aryl methyl sites for hydroxylation is 2. The van der Waals surface area contributed by atoms with E-state index < -0.39 is 6.61 Å². The van der Waals surface area contributed by atoms with Crippen molar-refractivity contribution in [2.24, 2.45) is 12.0 Å². The lowest BCUT2D eigenvalue weighted by atomic mass is 10.2. The number of nitrogens with one attached hydrogen (secondary N) is 2. The van der Waals surface area contributed by atoms with E-state index in [9.17, 15) is 8.78 Å². The van der Waals surface area contributed by atoms with Crippen LogP contribution in [0.5, 0.6) is 5.75 Å². The maximum absolute atomic E-state index is 12.4. The third-order valence-electron chi connectivity index (χ3n) is 3.55. The smallest absolute Gasteiger partial charge is 0.387 e. The van der Waals surface area contributed by atoms with E-state index in [1.54, 1.807) is 29.9 Å². The Kier molecular flexibility index (Phi) is 7.18. The summed E-state index contributed by atoms with van der Waals surface area (Å²) < 4.78 is 31.2. The Morgan fingerprint density at radius 2 is 2.12 bits per heavy atom. The molecule has 0 saturated carbocycles. The Morgan fingerprint density at radius 1 is 1.32 bits per heavy atom. The molecule has 8 heteroatoms. The predicted molar refractivity (Wildman–Crippen MR) is 92.8 cm³/mol. The normalized spacial score (nSPS) is 11.6. The molecule has 25 heavy (non-hydrogen) atoms. The number of hydrogen-bond acceptors (Lipinski definition) is 3. The molecule has 136 valence electrons. The summed E-state index contributed by atoms with van der Waals surface area (Å²) >= 11 is 0. The van der Waals surface area contributed by atoms with E-state index in [1.807, 2.05) is 19.4 Å². The summed E-state index contributed by atoms with van der Waals surface area (Å²) in [5, 5.41) is 10.4. The first kappa shape index (κ1) is 18.7. The molecule has 0 fully saturated rings. The molecule has 0 aliphatic rings. The summed E-state index contributed by atoms with van der Waals surface area (Å²) in [6, 6.07) is 6.69. The SMILES string of the molecule is CN=C(NCCCc1cnn(C)c1)NCc1ccccc1OC(F)F. The maximum Gasteiger partial charge on any atom is 0.387 e. The number of benzene rings is 1. The van der Waals surface area contributed by atoms with Crippen molar-refractivity contribution in [2.75, 3.05) is 13.6 Å². The van der Waals surface area contributed by atoms with Crippen molar-refractivity contribution < 1.29 is 13.5 Å². The van der Waals surface area contributed by atoms with Crippen LogP contribution in [0.1, 0.15) is 17.5 Å². The van der Waals surface area contributed by atoms with E-state index in [4.69, 9.17) is 0 Å². The van der Waals surface area contributed by atoms with Gasteiger partial charge in [0.1, 0.15) is 5.75 Å². The Morgan fingerprint density at radius 3 is 2.80 bits per heavy atom. The van der Waals surface area contributed by atoms with Crippen molar-refractivity contribution >= 4 is 5.96 Å². The van der Waals surface area contributed by atoms with Gasteiger partial charge in [-0.3, -0.25) is 9.67 Å². The van der Waals surface area contributed by atoms with Gasteiger partial charge in [0, 0.05) is 38.9 Å². The van der Waals surface area contributed by atoms with Gasteiger partial charge in [0.25, 0.3) is 0 Å². The van der Waals surface area contributed by atoms with Crippen molar-refractivity contribution in [3.63, 3.8) is 0 Å². The second kappa shape index (κ2) is 9.61. The molecule has 1 aromatic carbocycles. The predicted octanol–water partition coefficient (Wildman–Crippen LogP) is 2.32. The van der Waals surface area contributed by atoms with Crippen LogP contribution in [0.4, 0.5) is 8.78 Å². The highest BCUT2D eigenvalue weighted by Gasteiger charge is 2.09. The zero-order valence-electron chi connectivity index (χ0n) is 14.4. The van der Waals surface area contributed by atoms with E-state index in [0.29, 0.717) is 18.1 Å². The summed E-state index contributed by atoms with van der Waals surface area (Å²) in [5.41, 5.74) is 1.83. The summed E-state index contributed by atoms with van der Waals surface area (Å²) in [7, 11) is 3.56. The Labute approximate surface area is 145 Å². The summed E-state index contributed by atoms with van der Waals surface area (Å²) in [4.78, 5) is 4.13. The minimum Gasteiger partial charge on any atom is -0.434 e. The maximum atomic E-state index is 12.4. The van der Waals surface area contributed by atoms with Crippen molar-refractivity contribution in [2.45, 2.75) is 26.0 Å². The van der Waals surface area contributed by atoms with Gasteiger partial charge in [-0.15, -0.1) is 0 Å². The molecule has 0 atom stereocenters. The zero-order valence-corrected chi connectivity index (χ0v) is 14.4. The standard InChI is InChI=1S/C17H23F2N5O/c1-20-17(21-9-5-6-13-10-23-24(2)12-13)22-11-14-7-3-4-8-15(14)25-16(18)19/h3-4,7-8,10,12,16H,5-6,9,11H2,1-2H3,(H2,20,21,22).